The molecule has 0 spiro atoms. The number of nitrogens with zero attached hydrogens (tertiary/aromatic N) is 2. The first-order valence-corrected chi connectivity index (χ1v) is 9.85. The van der Waals surface area contributed by atoms with Gasteiger partial charge < -0.3 is 20.3 Å². The van der Waals surface area contributed by atoms with Gasteiger partial charge in [-0.3, -0.25) is 0 Å². The fraction of sp³-hybridized carbons (Fsp3) is 0.650. The Bertz CT molecular complexity index is 626. The third-order valence-electron chi connectivity index (χ3n) is 4.72. The van der Waals surface area contributed by atoms with Crippen LogP contribution in [0.5, 0.6) is 5.75 Å². The van der Waals surface area contributed by atoms with E-state index in [1.807, 2.05) is 6.92 Å². The zero-order valence-corrected chi connectivity index (χ0v) is 16.9. The highest BCUT2D eigenvalue weighted by atomic mass is 19.4. The number of ether oxygens (including phenoxy) is 1. The maximum absolute atomic E-state index is 12.4. The van der Waals surface area contributed by atoms with E-state index in [4.69, 9.17) is 4.74 Å². The quantitative estimate of drug-likeness (QED) is 0.543. The second kappa shape index (κ2) is 10.5. The van der Waals surface area contributed by atoms with Gasteiger partial charge in [0.15, 0.2) is 12.6 Å². The molecular weight excluding hydrogens is 369 g/mol. The zero-order chi connectivity index (χ0) is 20.6. The summed E-state index contributed by atoms with van der Waals surface area (Å²) in [4.78, 5) is 7.01. The third kappa shape index (κ3) is 7.58. The zero-order valence-electron chi connectivity index (χ0n) is 16.9. The van der Waals surface area contributed by atoms with Gasteiger partial charge in [-0.05, 0) is 39.7 Å². The molecule has 0 atom stereocenters. The molecule has 0 radical (unpaired) electrons. The Morgan fingerprint density at radius 1 is 1.25 bits per heavy atom. The number of guanidine groups is 1. The summed E-state index contributed by atoms with van der Waals surface area (Å²) in [5.41, 5.74) is 0.624. The number of para-hydroxylation sites is 1. The molecule has 1 saturated heterocycles. The Morgan fingerprint density at radius 3 is 2.54 bits per heavy atom. The van der Waals surface area contributed by atoms with E-state index in [0.29, 0.717) is 30.2 Å². The molecule has 2 rings (SSSR count). The molecule has 28 heavy (non-hydrogen) atoms. The minimum atomic E-state index is -4.36. The average Bonchev–Trinajstić information content (AvgIpc) is 2.65. The molecule has 0 amide bonds. The lowest BCUT2D eigenvalue weighted by Gasteiger charge is -2.35. The number of aliphatic imine (C=N–C) groups is 1. The maximum atomic E-state index is 12.4. The largest absolute Gasteiger partial charge is 0.484 e. The van der Waals surface area contributed by atoms with Gasteiger partial charge in [0.1, 0.15) is 5.75 Å². The van der Waals surface area contributed by atoms with Gasteiger partial charge in [0.05, 0.1) is 6.54 Å². The fourth-order valence-electron chi connectivity index (χ4n) is 3.17. The number of benzene rings is 1. The van der Waals surface area contributed by atoms with Gasteiger partial charge in [-0.25, -0.2) is 4.99 Å². The summed E-state index contributed by atoms with van der Waals surface area (Å²) in [6.45, 7) is 8.14. The summed E-state index contributed by atoms with van der Waals surface area (Å²) in [6.07, 6.45) is -2.29. The Labute approximate surface area is 165 Å². The lowest BCUT2D eigenvalue weighted by Crippen LogP contribution is -2.49. The molecule has 2 N–H and O–H groups in total. The van der Waals surface area contributed by atoms with Crippen molar-refractivity contribution < 1.29 is 17.9 Å². The van der Waals surface area contributed by atoms with Crippen LogP contribution in [0, 0.1) is 0 Å². The van der Waals surface area contributed by atoms with Crippen LogP contribution in [0.4, 0.5) is 13.2 Å². The van der Waals surface area contributed by atoms with Gasteiger partial charge in [-0.15, -0.1) is 0 Å². The Balaban J connectivity index is 1.97. The Morgan fingerprint density at radius 2 is 1.93 bits per heavy atom. The summed E-state index contributed by atoms with van der Waals surface area (Å²) in [5, 5.41) is 6.67. The van der Waals surface area contributed by atoms with E-state index in [-0.39, 0.29) is 12.3 Å². The van der Waals surface area contributed by atoms with Crippen LogP contribution >= 0.6 is 0 Å². The van der Waals surface area contributed by atoms with Crippen molar-refractivity contribution in [2.24, 2.45) is 4.99 Å². The van der Waals surface area contributed by atoms with Crippen LogP contribution in [0.2, 0.25) is 0 Å². The third-order valence-corrected chi connectivity index (χ3v) is 4.72. The first kappa shape index (κ1) is 22.3. The van der Waals surface area contributed by atoms with Crippen molar-refractivity contribution in [2.75, 3.05) is 26.2 Å². The van der Waals surface area contributed by atoms with Gasteiger partial charge >= 0.3 is 6.18 Å². The van der Waals surface area contributed by atoms with E-state index in [9.17, 15) is 13.2 Å². The minimum absolute atomic E-state index is 0.213. The molecule has 158 valence electrons. The summed E-state index contributed by atoms with van der Waals surface area (Å²) >= 11 is 0. The topological polar surface area (TPSA) is 48.9 Å². The first-order chi connectivity index (χ1) is 13.3. The summed E-state index contributed by atoms with van der Waals surface area (Å²) in [6, 6.07) is 7.59. The summed E-state index contributed by atoms with van der Waals surface area (Å²) < 4.78 is 42.3. The lowest BCUT2D eigenvalue weighted by molar-refractivity contribution is -0.153. The monoisotopic (exact) mass is 400 g/mol. The van der Waals surface area contributed by atoms with Crippen LogP contribution in [0.1, 0.15) is 39.2 Å². The minimum Gasteiger partial charge on any atom is -0.484 e. The number of hydrogen-bond donors (Lipinski definition) is 2. The molecule has 8 heteroatoms. The predicted octanol–water partition coefficient (Wildman–Crippen LogP) is 3.56. The van der Waals surface area contributed by atoms with E-state index >= 15 is 0 Å². The molecule has 1 aromatic rings. The van der Waals surface area contributed by atoms with Gasteiger partial charge in [0, 0.05) is 37.3 Å². The molecule has 1 aliphatic rings. The van der Waals surface area contributed by atoms with Crippen molar-refractivity contribution in [2.45, 2.75) is 58.4 Å². The number of likely N-dealkylation sites (tertiary alicyclic amines) is 1. The van der Waals surface area contributed by atoms with E-state index in [0.717, 1.165) is 25.9 Å². The molecular formula is C20H31F3N4O. The smallest absolute Gasteiger partial charge is 0.422 e. The van der Waals surface area contributed by atoms with E-state index in [1.165, 1.54) is 0 Å². The number of hydrogen-bond acceptors (Lipinski definition) is 3. The molecule has 1 fully saturated rings. The second-order valence-corrected chi connectivity index (χ2v) is 7.26. The van der Waals surface area contributed by atoms with Crippen LogP contribution in [0.15, 0.2) is 29.3 Å². The maximum Gasteiger partial charge on any atom is 0.422 e. The number of halogens is 3. The molecule has 0 unspecified atom stereocenters. The molecule has 0 aliphatic carbocycles. The number of rotatable bonds is 7. The van der Waals surface area contributed by atoms with Crippen molar-refractivity contribution in [1.29, 1.82) is 0 Å². The highest BCUT2D eigenvalue weighted by Crippen LogP contribution is 2.22. The fourth-order valence-corrected chi connectivity index (χ4v) is 3.17. The molecule has 0 bridgehead atoms. The van der Waals surface area contributed by atoms with E-state index in [2.05, 4.69) is 34.4 Å². The van der Waals surface area contributed by atoms with Crippen LogP contribution in [0.25, 0.3) is 0 Å². The molecule has 1 heterocycles. The Kier molecular flexibility index (Phi) is 8.41. The second-order valence-electron chi connectivity index (χ2n) is 7.26. The molecule has 1 aromatic carbocycles. The predicted molar refractivity (Wildman–Crippen MR) is 106 cm³/mol. The normalized spacial score (nSPS) is 17.0. The summed E-state index contributed by atoms with van der Waals surface area (Å²) in [5.74, 6) is 0.890. The van der Waals surface area contributed by atoms with Crippen molar-refractivity contribution in [3.8, 4) is 5.75 Å². The Hall–Kier alpha value is -1.96. The molecule has 0 aromatic heterocycles. The van der Waals surface area contributed by atoms with Crippen LogP contribution in [-0.4, -0.2) is 55.4 Å². The summed E-state index contributed by atoms with van der Waals surface area (Å²) in [7, 11) is 0. The standard InChI is InChI=1S/C20H31F3N4O/c1-4-24-19(26-17-9-11-27(12-10-17)15(2)3)25-13-16-7-5-6-8-18(16)28-14-20(21,22)23/h5-8,15,17H,4,9-14H2,1-3H3,(H2,24,25,26). The van der Waals surface area contributed by atoms with Gasteiger partial charge in [-0.2, -0.15) is 13.2 Å². The number of nitrogens with one attached hydrogen (secondary N) is 2. The van der Waals surface area contributed by atoms with E-state index < -0.39 is 12.8 Å². The highest BCUT2D eigenvalue weighted by molar-refractivity contribution is 5.80. The van der Waals surface area contributed by atoms with Gasteiger partial charge in [0.25, 0.3) is 0 Å². The average molecular weight is 400 g/mol. The van der Waals surface area contributed by atoms with Crippen LogP contribution in [0.3, 0.4) is 0 Å². The highest BCUT2D eigenvalue weighted by Gasteiger charge is 2.28. The molecule has 5 nitrogen and oxygen atoms in total. The van der Waals surface area contributed by atoms with Crippen molar-refractivity contribution in [1.82, 2.24) is 15.5 Å². The van der Waals surface area contributed by atoms with Crippen molar-refractivity contribution in [3.63, 3.8) is 0 Å². The number of piperidine rings is 1. The van der Waals surface area contributed by atoms with Crippen LogP contribution in [-0.2, 0) is 6.54 Å². The lowest BCUT2D eigenvalue weighted by atomic mass is 10.0. The van der Waals surface area contributed by atoms with Crippen LogP contribution < -0.4 is 15.4 Å². The first-order valence-electron chi connectivity index (χ1n) is 9.85. The van der Waals surface area contributed by atoms with Gasteiger partial charge in [-0.1, -0.05) is 18.2 Å². The molecule has 0 saturated carbocycles. The molecule has 1 aliphatic heterocycles. The van der Waals surface area contributed by atoms with Crippen molar-refractivity contribution >= 4 is 5.96 Å². The van der Waals surface area contributed by atoms with Crippen molar-refractivity contribution in [3.05, 3.63) is 29.8 Å². The van der Waals surface area contributed by atoms with Gasteiger partial charge in [0.2, 0.25) is 0 Å². The van der Waals surface area contributed by atoms with E-state index in [1.54, 1.807) is 24.3 Å². The number of alkyl halides is 3. The SMILES string of the molecule is CCNC(=NCc1ccccc1OCC(F)(F)F)NC1CCN(C(C)C)CC1.